The number of benzene rings is 1. The molecule has 1 saturated heterocycles. The third-order valence-corrected chi connectivity index (χ3v) is 4.18. The van der Waals surface area contributed by atoms with Crippen LogP contribution in [0.1, 0.15) is 40.5 Å². The molecule has 2 aliphatic rings. The first-order valence-corrected chi connectivity index (χ1v) is 6.91. The summed E-state index contributed by atoms with van der Waals surface area (Å²) in [7, 11) is 0. The number of fused-ring (bicyclic) bond motifs is 1. The molecule has 2 aliphatic heterocycles. The van der Waals surface area contributed by atoms with Gasteiger partial charge < -0.3 is 0 Å². The summed E-state index contributed by atoms with van der Waals surface area (Å²) >= 11 is 0. The van der Waals surface area contributed by atoms with Gasteiger partial charge in [0.2, 0.25) is 0 Å². The number of imide groups is 1. The van der Waals surface area contributed by atoms with Gasteiger partial charge in [0, 0.05) is 12.6 Å². The number of carbonyl (C=O) groups is 2. The van der Waals surface area contributed by atoms with Crippen LogP contribution in [0.2, 0.25) is 0 Å². The number of nitrogens with zero attached hydrogens (tertiary/aromatic N) is 2. The second kappa shape index (κ2) is 4.78. The molecule has 2 heterocycles. The van der Waals surface area contributed by atoms with Gasteiger partial charge in [-0.2, -0.15) is 0 Å². The Hall–Kier alpha value is -1.68. The summed E-state index contributed by atoms with van der Waals surface area (Å²) in [6.07, 6.45) is 2.23. The smallest absolute Gasteiger partial charge is 0.261 e. The number of carbonyl (C=O) groups excluding carboxylic acids is 2. The molecule has 4 heteroatoms. The summed E-state index contributed by atoms with van der Waals surface area (Å²) in [6, 6.07) is 7.42. The van der Waals surface area contributed by atoms with Crippen molar-refractivity contribution in [3.8, 4) is 0 Å². The number of hydrogen-bond donors (Lipinski definition) is 0. The third kappa shape index (κ3) is 1.96. The minimum absolute atomic E-state index is 0.136. The van der Waals surface area contributed by atoms with Gasteiger partial charge in [0.05, 0.1) is 11.1 Å². The highest BCUT2D eigenvalue weighted by Crippen LogP contribution is 2.25. The van der Waals surface area contributed by atoms with Crippen LogP contribution in [0.4, 0.5) is 0 Å². The van der Waals surface area contributed by atoms with E-state index < -0.39 is 0 Å². The van der Waals surface area contributed by atoms with E-state index in [-0.39, 0.29) is 11.8 Å². The number of rotatable bonds is 3. The maximum absolute atomic E-state index is 12.3. The molecule has 1 unspecified atom stereocenters. The zero-order valence-electron chi connectivity index (χ0n) is 11.1. The van der Waals surface area contributed by atoms with Gasteiger partial charge in [0.15, 0.2) is 0 Å². The molecule has 100 valence electrons. The normalized spacial score (nSPS) is 23.2. The Balaban J connectivity index is 1.81. The summed E-state index contributed by atoms with van der Waals surface area (Å²) in [6.45, 7) is 4.71. The van der Waals surface area contributed by atoms with Crippen LogP contribution >= 0.6 is 0 Å². The fourth-order valence-electron chi connectivity index (χ4n) is 3.13. The van der Waals surface area contributed by atoms with Gasteiger partial charge in [0.1, 0.15) is 0 Å². The summed E-state index contributed by atoms with van der Waals surface area (Å²) in [5.74, 6) is -0.271. The van der Waals surface area contributed by atoms with Crippen molar-refractivity contribution in [2.24, 2.45) is 0 Å². The molecular weight excluding hydrogens is 240 g/mol. The minimum atomic E-state index is -0.136. The Bertz CT molecular complexity index is 492. The lowest BCUT2D eigenvalue weighted by Gasteiger charge is -2.26. The van der Waals surface area contributed by atoms with E-state index in [4.69, 9.17) is 0 Å². The monoisotopic (exact) mass is 258 g/mol. The Kier molecular flexibility index (Phi) is 3.11. The Morgan fingerprint density at radius 1 is 1.16 bits per heavy atom. The molecule has 0 N–H and O–H groups in total. The van der Waals surface area contributed by atoms with Crippen LogP contribution < -0.4 is 0 Å². The Morgan fingerprint density at radius 3 is 2.37 bits per heavy atom. The van der Waals surface area contributed by atoms with Crippen LogP contribution in [-0.4, -0.2) is 47.3 Å². The molecule has 0 aliphatic carbocycles. The van der Waals surface area contributed by atoms with Gasteiger partial charge in [-0.25, -0.2) is 0 Å². The van der Waals surface area contributed by atoms with Gasteiger partial charge in [-0.15, -0.1) is 0 Å². The summed E-state index contributed by atoms with van der Waals surface area (Å²) < 4.78 is 0. The quantitative estimate of drug-likeness (QED) is 0.776. The predicted octanol–water partition coefficient (Wildman–Crippen LogP) is 1.77. The van der Waals surface area contributed by atoms with Gasteiger partial charge >= 0.3 is 0 Å². The van der Waals surface area contributed by atoms with E-state index in [1.54, 1.807) is 24.3 Å². The first kappa shape index (κ1) is 12.4. The van der Waals surface area contributed by atoms with Gasteiger partial charge in [-0.1, -0.05) is 19.1 Å². The molecule has 4 nitrogen and oxygen atoms in total. The SMILES string of the molecule is CCN1CCCC1CN1C(=O)c2ccccc2C1=O. The Morgan fingerprint density at radius 2 is 1.79 bits per heavy atom. The van der Waals surface area contributed by atoms with E-state index in [1.165, 1.54) is 4.90 Å². The lowest BCUT2D eigenvalue weighted by molar-refractivity contribution is 0.0611. The van der Waals surface area contributed by atoms with Crippen LogP contribution in [0.5, 0.6) is 0 Å². The lowest BCUT2D eigenvalue weighted by Crippen LogP contribution is -2.42. The first-order chi connectivity index (χ1) is 9.22. The molecule has 1 fully saturated rings. The standard InChI is InChI=1S/C15H18N2O2/c1-2-16-9-5-6-11(16)10-17-14(18)12-7-3-4-8-13(12)15(17)19/h3-4,7-8,11H,2,5-6,9-10H2,1H3. The zero-order chi connectivity index (χ0) is 13.4. The predicted molar refractivity (Wildman–Crippen MR) is 72.1 cm³/mol. The molecule has 0 spiro atoms. The second-order valence-corrected chi connectivity index (χ2v) is 5.19. The average Bonchev–Trinajstić information content (AvgIpc) is 2.98. The molecule has 1 aromatic carbocycles. The van der Waals surface area contributed by atoms with Crippen molar-refractivity contribution in [3.63, 3.8) is 0 Å². The summed E-state index contributed by atoms with van der Waals surface area (Å²) in [5.41, 5.74) is 1.10. The van der Waals surface area contributed by atoms with Crippen LogP contribution in [0.25, 0.3) is 0 Å². The zero-order valence-corrected chi connectivity index (χ0v) is 11.1. The van der Waals surface area contributed by atoms with Gasteiger partial charge in [-0.05, 0) is 38.1 Å². The first-order valence-electron chi connectivity index (χ1n) is 6.91. The Labute approximate surface area is 113 Å². The van der Waals surface area contributed by atoms with E-state index in [9.17, 15) is 9.59 Å². The highest BCUT2D eigenvalue weighted by atomic mass is 16.2. The minimum Gasteiger partial charge on any atom is -0.299 e. The number of hydrogen-bond acceptors (Lipinski definition) is 3. The van der Waals surface area contributed by atoms with Crippen molar-refractivity contribution in [2.75, 3.05) is 19.6 Å². The van der Waals surface area contributed by atoms with Crippen LogP contribution in [0.3, 0.4) is 0 Å². The van der Waals surface area contributed by atoms with E-state index in [1.807, 2.05) is 0 Å². The topological polar surface area (TPSA) is 40.6 Å². The largest absolute Gasteiger partial charge is 0.299 e. The average molecular weight is 258 g/mol. The van der Waals surface area contributed by atoms with Gasteiger partial charge in [0.25, 0.3) is 11.8 Å². The molecule has 3 rings (SSSR count). The summed E-state index contributed by atoms with van der Waals surface area (Å²) in [4.78, 5) is 28.3. The number of likely N-dealkylation sites (tertiary alicyclic amines) is 1. The number of amides is 2. The molecule has 1 aromatic rings. The van der Waals surface area contributed by atoms with Gasteiger partial charge in [-0.3, -0.25) is 19.4 Å². The van der Waals surface area contributed by atoms with Crippen LogP contribution in [-0.2, 0) is 0 Å². The second-order valence-electron chi connectivity index (χ2n) is 5.19. The van der Waals surface area contributed by atoms with E-state index in [2.05, 4.69) is 11.8 Å². The lowest BCUT2D eigenvalue weighted by atomic mass is 10.1. The highest BCUT2D eigenvalue weighted by molar-refractivity contribution is 6.21. The van der Waals surface area contributed by atoms with Crippen molar-refractivity contribution >= 4 is 11.8 Å². The molecule has 19 heavy (non-hydrogen) atoms. The fourth-order valence-corrected chi connectivity index (χ4v) is 3.13. The van der Waals surface area contributed by atoms with Crippen LogP contribution in [0.15, 0.2) is 24.3 Å². The van der Waals surface area contributed by atoms with Crippen molar-refractivity contribution in [1.29, 1.82) is 0 Å². The number of likely N-dealkylation sites (N-methyl/N-ethyl adjacent to an activating group) is 1. The summed E-state index contributed by atoms with van der Waals surface area (Å²) in [5, 5.41) is 0. The van der Waals surface area contributed by atoms with Crippen molar-refractivity contribution in [2.45, 2.75) is 25.8 Å². The van der Waals surface area contributed by atoms with Crippen molar-refractivity contribution in [3.05, 3.63) is 35.4 Å². The third-order valence-electron chi connectivity index (χ3n) is 4.18. The van der Waals surface area contributed by atoms with Crippen molar-refractivity contribution in [1.82, 2.24) is 9.80 Å². The fraction of sp³-hybridized carbons (Fsp3) is 0.467. The molecule has 0 saturated carbocycles. The molecule has 0 radical (unpaired) electrons. The van der Waals surface area contributed by atoms with E-state index >= 15 is 0 Å². The molecule has 0 bridgehead atoms. The maximum Gasteiger partial charge on any atom is 0.261 e. The molecule has 1 atom stereocenters. The van der Waals surface area contributed by atoms with Crippen molar-refractivity contribution < 1.29 is 9.59 Å². The maximum atomic E-state index is 12.3. The molecule has 0 aromatic heterocycles. The molecular formula is C15H18N2O2. The highest BCUT2D eigenvalue weighted by Gasteiger charge is 2.37. The van der Waals surface area contributed by atoms with E-state index in [0.29, 0.717) is 23.7 Å². The van der Waals surface area contributed by atoms with Crippen LogP contribution in [0, 0.1) is 0 Å². The van der Waals surface area contributed by atoms with E-state index in [0.717, 1.165) is 25.9 Å². The molecule has 2 amide bonds.